The molecule has 1 aliphatic heterocycles. The molecule has 0 aliphatic carbocycles. The van der Waals surface area contributed by atoms with Gasteiger partial charge in [-0.1, -0.05) is 11.6 Å². The summed E-state index contributed by atoms with van der Waals surface area (Å²) in [7, 11) is 0.521. The number of imide groups is 1. The van der Waals surface area contributed by atoms with Crippen molar-refractivity contribution >= 4 is 49.1 Å². The van der Waals surface area contributed by atoms with E-state index in [4.69, 9.17) is 22.3 Å². The van der Waals surface area contributed by atoms with Gasteiger partial charge in [-0.05, 0) is 17.7 Å². The van der Waals surface area contributed by atoms with Crippen molar-refractivity contribution in [1.29, 1.82) is 0 Å². The van der Waals surface area contributed by atoms with Crippen LogP contribution >= 0.6 is 22.3 Å². The van der Waals surface area contributed by atoms with Crippen LogP contribution in [0.2, 0.25) is 5.02 Å². The molecular formula is C9H5Cl2FN2O4S. The van der Waals surface area contributed by atoms with Crippen molar-refractivity contribution in [1.82, 2.24) is 4.72 Å². The number of benzene rings is 1. The maximum Gasteiger partial charge on any atom is 0.343 e. The maximum absolute atomic E-state index is 13.2. The molecule has 0 saturated heterocycles. The van der Waals surface area contributed by atoms with Crippen LogP contribution in [0.5, 0.6) is 0 Å². The van der Waals surface area contributed by atoms with Crippen molar-refractivity contribution in [2.45, 2.75) is 6.42 Å². The summed E-state index contributed by atoms with van der Waals surface area (Å²) in [6.45, 7) is 0. The number of halogens is 3. The minimum atomic E-state index is -4.33. The summed E-state index contributed by atoms with van der Waals surface area (Å²) in [4.78, 5) is 23.8. The van der Waals surface area contributed by atoms with Crippen LogP contribution in [0, 0.1) is 5.82 Å². The molecule has 0 aromatic heterocycles. The van der Waals surface area contributed by atoms with Crippen molar-refractivity contribution in [3.05, 3.63) is 28.5 Å². The van der Waals surface area contributed by atoms with E-state index in [0.717, 1.165) is 12.1 Å². The van der Waals surface area contributed by atoms with Crippen LogP contribution < -0.4 is 9.62 Å². The first kappa shape index (κ1) is 14.0. The van der Waals surface area contributed by atoms with Gasteiger partial charge in [-0.15, -0.1) is 0 Å². The summed E-state index contributed by atoms with van der Waals surface area (Å²) in [6.07, 6.45) is -0.237. The molecule has 0 radical (unpaired) electrons. The second-order valence-electron chi connectivity index (χ2n) is 3.65. The molecule has 0 atom stereocenters. The zero-order chi connectivity index (χ0) is 14.4. The molecule has 102 valence electrons. The highest BCUT2D eigenvalue weighted by Crippen LogP contribution is 2.33. The van der Waals surface area contributed by atoms with Crippen LogP contribution in [-0.4, -0.2) is 20.4 Å². The lowest BCUT2D eigenvalue weighted by Crippen LogP contribution is -2.43. The molecule has 0 spiro atoms. The lowest BCUT2D eigenvalue weighted by molar-refractivity contribution is -0.116. The van der Waals surface area contributed by atoms with Crippen molar-refractivity contribution in [3.63, 3.8) is 0 Å². The molecule has 19 heavy (non-hydrogen) atoms. The second kappa shape index (κ2) is 4.62. The highest BCUT2D eigenvalue weighted by Gasteiger charge is 2.34. The van der Waals surface area contributed by atoms with E-state index < -0.39 is 27.0 Å². The Balaban J connectivity index is 2.43. The summed E-state index contributed by atoms with van der Waals surface area (Å²) < 4.78 is 36.1. The Hall–Kier alpha value is -1.38. The molecule has 2 rings (SSSR count). The molecule has 0 saturated carbocycles. The number of nitrogens with one attached hydrogen (secondary N) is 1. The first-order chi connectivity index (χ1) is 8.69. The van der Waals surface area contributed by atoms with Gasteiger partial charge >= 0.3 is 15.3 Å². The molecule has 0 unspecified atom stereocenters. The van der Waals surface area contributed by atoms with Gasteiger partial charge in [-0.2, -0.15) is 8.42 Å². The van der Waals surface area contributed by atoms with E-state index in [1.165, 1.54) is 4.72 Å². The van der Waals surface area contributed by atoms with Gasteiger partial charge in [0.05, 0.1) is 17.1 Å². The largest absolute Gasteiger partial charge is 0.343 e. The Labute approximate surface area is 116 Å². The second-order valence-corrected chi connectivity index (χ2v) is 6.35. The molecule has 1 N–H and O–H groups in total. The van der Waals surface area contributed by atoms with Gasteiger partial charge in [0.15, 0.2) is 0 Å². The fraction of sp³-hybridized carbons (Fsp3) is 0.111. The summed E-state index contributed by atoms with van der Waals surface area (Å²) in [6, 6.07) is 0.830. The third kappa shape index (κ3) is 2.80. The van der Waals surface area contributed by atoms with Crippen molar-refractivity contribution in [2.75, 3.05) is 4.90 Å². The number of amides is 3. The first-order valence-electron chi connectivity index (χ1n) is 4.76. The van der Waals surface area contributed by atoms with Crippen LogP contribution in [0.4, 0.5) is 14.9 Å². The van der Waals surface area contributed by atoms with E-state index in [0.29, 0.717) is 4.90 Å². The first-order valence-corrected chi connectivity index (χ1v) is 7.45. The number of urea groups is 1. The molecule has 1 heterocycles. The minimum Gasteiger partial charge on any atom is -0.274 e. The van der Waals surface area contributed by atoms with E-state index in [9.17, 15) is 22.4 Å². The Bertz CT molecular complexity index is 692. The average molecular weight is 327 g/mol. The number of hydrogen-bond acceptors (Lipinski definition) is 4. The lowest BCUT2D eigenvalue weighted by atomic mass is 10.1. The normalized spacial score (nSPS) is 14.5. The molecule has 0 bridgehead atoms. The zero-order valence-electron chi connectivity index (χ0n) is 8.98. The van der Waals surface area contributed by atoms with Crippen LogP contribution in [0.3, 0.4) is 0 Å². The number of nitrogens with zero attached hydrogens (tertiary/aromatic N) is 1. The summed E-state index contributed by atoms with van der Waals surface area (Å²) >= 11 is 5.55. The monoisotopic (exact) mass is 326 g/mol. The van der Waals surface area contributed by atoms with E-state index in [1.54, 1.807) is 0 Å². The Morgan fingerprint density at radius 1 is 1.42 bits per heavy atom. The molecule has 3 amide bonds. The van der Waals surface area contributed by atoms with Gasteiger partial charge in [0.2, 0.25) is 5.91 Å². The highest BCUT2D eigenvalue weighted by atomic mass is 35.7. The number of carbonyl (C=O) groups excluding carboxylic acids is 2. The minimum absolute atomic E-state index is 0.0224. The van der Waals surface area contributed by atoms with Gasteiger partial charge in [0.1, 0.15) is 5.82 Å². The molecule has 10 heteroatoms. The van der Waals surface area contributed by atoms with Gasteiger partial charge in [-0.25, -0.2) is 18.8 Å². The predicted octanol–water partition coefficient (Wildman–Crippen LogP) is 1.56. The van der Waals surface area contributed by atoms with E-state index in [-0.39, 0.29) is 22.7 Å². The molecule has 0 fully saturated rings. The molecule has 1 aromatic rings. The number of hydrogen-bond donors (Lipinski definition) is 1. The molecular weight excluding hydrogens is 322 g/mol. The molecule has 1 aromatic carbocycles. The van der Waals surface area contributed by atoms with Gasteiger partial charge in [0, 0.05) is 10.7 Å². The SMILES string of the molecule is O=C1Cc2cc(F)c(Cl)cc2N1C(=O)NS(=O)(=O)Cl. The molecule has 6 nitrogen and oxygen atoms in total. The highest BCUT2D eigenvalue weighted by molar-refractivity contribution is 8.12. The fourth-order valence-corrected chi connectivity index (χ4v) is 2.33. The fourth-order valence-electron chi connectivity index (χ4n) is 1.68. The van der Waals surface area contributed by atoms with Crippen LogP contribution in [-0.2, 0) is 20.5 Å². The smallest absolute Gasteiger partial charge is 0.274 e. The Morgan fingerprint density at radius 2 is 2.05 bits per heavy atom. The predicted molar refractivity (Wildman–Crippen MR) is 65.9 cm³/mol. The van der Waals surface area contributed by atoms with Crippen LogP contribution in [0.15, 0.2) is 12.1 Å². The van der Waals surface area contributed by atoms with Gasteiger partial charge in [-0.3, -0.25) is 4.79 Å². The Morgan fingerprint density at radius 3 is 2.63 bits per heavy atom. The van der Waals surface area contributed by atoms with Gasteiger partial charge in [0.25, 0.3) is 0 Å². The lowest BCUT2D eigenvalue weighted by Gasteiger charge is -2.15. The quantitative estimate of drug-likeness (QED) is 0.794. The summed E-state index contributed by atoms with van der Waals surface area (Å²) in [5.74, 6) is -1.45. The third-order valence-corrected chi connectivity index (χ3v) is 3.31. The maximum atomic E-state index is 13.2. The standard InChI is InChI=1S/C9H5Cl2FN2O4S/c10-5-3-7-4(1-6(5)12)2-8(15)14(7)9(16)13-19(11,17)18/h1,3H,2H2,(H,13,16). The molecule has 1 aliphatic rings. The number of carbonyl (C=O) groups is 2. The summed E-state index contributed by atoms with van der Waals surface area (Å²) in [5, 5.41) is -0.292. The average Bonchev–Trinajstić information content (AvgIpc) is 2.52. The van der Waals surface area contributed by atoms with Crippen molar-refractivity contribution in [3.8, 4) is 0 Å². The zero-order valence-corrected chi connectivity index (χ0v) is 11.3. The van der Waals surface area contributed by atoms with Crippen LogP contribution in [0.1, 0.15) is 5.56 Å². The van der Waals surface area contributed by atoms with Crippen LogP contribution in [0.25, 0.3) is 0 Å². The van der Waals surface area contributed by atoms with E-state index in [2.05, 4.69) is 0 Å². The number of anilines is 1. The number of fused-ring (bicyclic) bond motifs is 1. The summed E-state index contributed by atoms with van der Waals surface area (Å²) in [5.41, 5.74) is 0.253. The van der Waals surface area contributed by atoms with Gasteiger partial charge < -0.3 is 0 Å². The number of rotatable bonds is 1. The topological polar surface area (TPSA) is 83.6 Å². The van der Waals surface area contributed by atoms with Crippen molar-refractivity contribution < 1.29 is 22.4 Å². The van der Waals surface area contributed by atoms with E-state index >= 15 is 0 Å². The van der Waals surface area contributed by atoms with E-state index in [1.807, 2.05) is 0 Å². The Kier molecular flexibility index (Phi) is 3.41. The van der Waals surface area contributed by atoms with Crippen molar-refractivity contribution in [2.24, 2.45) is 0 Å². The third-order valence-electron chi connectivity index (χ3n) is 2.37.